The van der Waals surface area contributed by atoms with Gasteiger partial charge < -0.3 is 24.7 Å². The molecule has 184 valence electrons. The van der Waals surface area contributed by atoms with Crippen LogP contribution < -0.4 is 5.32 Å². The van der Waals surface area contributed by atoms with Crippen molar-refractivity contribution >= 4 is 40.3 Å². The molecule has 2 unspecified atom stereocenters. The monoisotopic (exact) mass is 497 g/mol. The van der Waals surface area contributed by atoms with Crippen molar-refractivity contribution in [2.45, 2.75) is 38.5 Å². The number of nitrogens with zero attached hydrogens (tertiary/aromatic N) is 1. The van der Waals surface area contributed by atoms with Crippen LogP contribution in [0.4, 0.5) is 0 Å². The van der Waals surface area contributed by atoms with Crippen molar-refractivity contribution < 1.29 is 23.9 Å². The van der Waals surface area contributed by atoms with Crippen LogP contribution in [0.5, 0.6) is 0 Å². The number of ether oxygens (including phenoxy) is 2. The topological polar surface area (TPSA) is 101 Å². The molecule has 1 aromatic heterocycles. The Morgan fingerprint density at radius 2 is 1.80 bits per heavy atom. The molecule has 0 bridgehead atoms. The average Bonchev–Trinajstić information content (AvgIpc) is 3.24. The van der Waals surface area contributed by atoms with E-state index < -0.39 is 24.5 Å². The molecule has 4 rings (SSSR count). The number of aromatic amines is 1. The highest BCUT2D eigenvalue weighted by atomic mass is 35.5. The Balaban J connectivity index is 1.47. The van der Waals surface area contributed by atoms with Crippen molar-refractivity contribution in [1.82, 2.24) is 15.2 Å². The van der Waals surface area contributed by atoms with Crippen LogP contribution >= 0.6 is 11.6 Å². The van der Waals surface area contributed by atoms with E-state index in [0.29, 0.717) is 23.7 Å². The van der Waals surface area contributed by atoms with Crippen LogP contribution in [0.3, 0.4) is 0 Å². The van der Waals surface area contributed by atoms with E-state index >= 15 is 0 Å². The number of nitrogens with one attached hydrogen (secondary N) is 2. The molecule has 0 spiro atoms. The first kappa shape index (κ1) is 24.8. The number of hydrogen-bond acceptors (Lipinski definition) is 5. The number of H-pyrrole nitrogens is 1. The molecule has 9 heteroatoms. The number of rotatable bonds is 7. The molecule has 35 heavy (non-hydrogen) atoms. The van der Waals surface area contributed by atoms with E-state index in [9.17, 15) is 14.4 Å². The molecule has 2 amide bonds. The number of fused-ring (bicyclic) bond motifs is 1. The molecule has 3 atom stereocenters. The van der Waals surface area contributed by atoms with Gasteiger partial charge in [0.25, 0.3) is 11.8 Å². The van der Waals surface area contributed by atoms with Crippen LogP contribution in [0.1, 0.15) is 29.8 Å². The van der Waals surface area contributed by atoms with Gasteiger partial charge >= 0.3 is 5.97 Å². The predicted molar refractivity (Wildman–Crippen MR) is 132 cm³/mol. The zero-order valence-electron chi connectivity index (χ0n) is 19.6. The van der Waals surface area contributed by atoms with E-state index in [1.807, 2.05) is 38.1 Å². The van der Waals surface area contributed by atoms with Gasteiger partial charge in [-0.2, -0.15) is 0 Å². The molecule has 0 aliphatic carbocycles. The fourth-order valence-corrected chi connectivity index (χ4v) is 4.39. The molecule has 1 saturated heterocycles. The van der Waals surface area contributed by atoms with E-state index in [1.54, 1.807) is 35.4 Å². The average molecular weight is 498 g/mol. The minimum atomic E-state index is -0.993. The number of carbonyl (C=O) groups is 3. The second kappa shape index (κ2) is 10.9. The molecular weight excluding hydrogens is 470 g/mol. The number of carbonyl (C=O) groups excluding carboxylic acids is 3. The number of para-hydroxylation sites is 1. The predicted octanol–water partition coefficient (Wildman–Crippen LogP) is 3.34. The van der Waals surface area contributed by atoms with E-state index in [0.717, 1.165) is 16.5 Å². The Bertz CT molecular complexity index is 1200. The van der Waals surface area contributed by atoms with Gasteiger partial charge in [-0.3, -0.25) is 9.59 Å². The summed E-state index contributed by atoms with van der Waals surface area (Å²) in [6.07, 6.45) is 1.82. The van der Waals surface area contributed by atoms with Crippen molar-refractivity contribution in [3.8, 4) is 0 Å². The minimum absolute atomic E-state index is 0.0910. The summed E-state index contributed by atoms with van der Waals surface area (Å²) in [7, 11) is 0. The number of hydrogen-bond donors (Lipinski definition) is 2. The third-order valence-electron chi connectivity index (χ3n) is 5.91. The molecule has 1 aliphatic rings. The maximum absolute atomic E-state index is 13.1. The summed E-state index contributed by atoms with van der Waals surface area (Å²) in [4.78, 5) is 43.4. The van der Waals surface area contributed by atoms with Gasteiger partial charge in [0.05, 0.1) is 12.2 Å². The number of benzene rings is 2. The second-order valence-corrected chi connectivity index (χ2v) is 9.20. The Labute approximate surface area is 208 Å². The lowest BCUT2D eigenvalue weighted by Gasteiger charge is -2.35. The molecule has 0 radical (unpaired) electrons. The second-order valence-electron chi connectivity index (χ2n) is 8.76. The van der Waals surface area contributed by atoms with E-state index in [-0.39, 0.29) is 24.5 Å². The molecule has 1 aliphatic heterocycles. The molecule has 0 saturated carbocycles. The molecule has 2 aromatic carbocycles. The Hall–Kier alpha value is -3.36. The highest BCUT2D eigenvalue weighted by Crippen LogP contribution is 2.20. The van der Waals surface area contributed by atoms with Gasteiger partial charge in [-0.05, 0) is 49.7 Å². The quantitative estimate of drug-likeness (QED) is 0.487. The number of morpholine rings is 1. The van der Waals surface area contributed by atoms with Gasteiger partial charge in [0.2, 0.25) is 0 Å². The normalized spacial score (nSPS) is 18.8. The fourth-order valence-electron chi connectivity index (χ4n) is 4.26. The van der Waals surface area contributed by atoms with Crippen LogP contribution in [0.25, 0.3) is 10.9 Å². The van der Waals surface area contributed by atoms with Crippen LogP contribution in [0, 0.1) is 0 Å². The SMILES string of the molecule is CC1CN(C(=O)COC(=O)[C@H](Cc2c[nH]c3ccccc23)NC(=O)c2ccc(Cl)cc2)CC(C)O1. The molecule has 1 fully saturated rings. The number of halogens is 1. The van der Waals surface area contributed by atoms with Crippen molar-refractivity contribution in [1.29, 1.82) is 0 Å². The maximum Gasteiger partial charge on any atom is 0.329 e. The maximum atomic E-state index is 13.1. The lowest BCUT2D eigenvalue weighted by Crippen LogP contribution is -2.50. The summed E-state index contributed by atoms with van der Waals surface area (Å²) in [5.74, 6) is -1.42. The summed E-state index contributed by atoms with van der Waals surface area (Å²) in [5.41, 5.74) is 2.13. The molecule has 2 N–H and O–H groups in total. The minimum Gasteiger partial charge on any atom is -0.454 e. The summed E-state index contributed by atoms with van der Waals surface area (Å²) in [5, 5.41) is 4.20. The standard InChI is InChI=1S/C26H28ClN3O5/c1-16-13-30(14-17(2)35-16)24(31)15-34-26(33)23(29-25(32)18-7-9-20(27)10-8-18)11-19-12-28-22-6-4-3-5-21(19)22/h3-10,12,16-17,23,28H,11,13-15H2,1-2H3,(H,29,32)/t16?,17?,23-/m0/s1. The molecular formula is C26H28ClN3O5. The smallest absolute Gasteiger partial charge is 0.329 e. The van der Waals surface area contributed by atoms with Gasteiger partial charge in [-0.25, -0.2) is 4.79 Å². The van der Waals surface area contributed by atoms with Crippen molar-refractivity contribution in [2.24, 2.45) is 0 Å². The highest BCUT2D eigenvalue weighted by Gasteiger charge is 2.29. The van der Waals surface area contributed by atoms with Crippen molar-refractivity contribution in [3.63, 3.8) is 0 Å². The largest absolute Gasteiger partial charge is 0.454 e. The number of aromatic nitrogens is 1. The van der Waals surface area contributed by atoms with Crippen LogP contribution in [0.2, 0.25) is 5.02 Å². The van der Waals surface area contributed by atoms with Gasteiger partial charge in [0, 0.05) is 47.2 Å². The Morgan fingerprint density at radius 1 is 1.11 bits per heavy atom. The molecule has 2 heterocycles. The summed E-state index contributed by atoms with van der Waals surface area (Å²) in [6, 6.07) is 13.1. The van der Waals surface area contributed by atoms with Gasteiger partial charge in [-0.1, -0.05) is 29.8 Å². The zero-order chi connectivity index (χ0) is 24.9. The number of esters is 1. The molecule has 8 nitrogen and oxygen atoms in total. The van der Waals surface area contributed by atoms with Gasteiger partial charge in [-0.15, -0.1) is 0 Å². The van der Waals surface area contributed by atoms with Crippen molar-refractivity contribution in [2.75, 3.05) is 19.7 Å². The first-order valence-corrected chi connectivity index (χ1v) is 11.9. The van der Waals surface area contributed by atoms with Gasteiger partial charge in [0.15, 0.2) is 6.61 Å². The summed E-state index contributed by atoms with van der Waals surface area (Å²) in [6.45, 7) is 4.26. The fraction of sp³-hybridized carbons (Fsp3) is 0.346. The summed E-state index contributed by atoms with van der Waals surface area (Å²) >= 11 is 5.92. The zero-order valence-corrected chi connectivity index (χ0v) is 20.4. The third kappa shape index (κ3) is 6.21. The number of amides is 2. The third-order valence-corrected chi connectivity index (χ3v) is 6.16. The Kier molecular flexibility index (Phi) is 7.73. The van der Waals surface area contributed by atoms with Crippen LogP contribution in [-0.2, 0) is 25.5 Å². The lowest BCUT2D eigenvalue weighted by molar-refractivity contribution is -0.158. The lowest BCUT2D eigenvalue weighted by atomic mass is 10.0. The van der Waals surface area contributed by atoms with E-state index in [2.05, 4.69) is 10.3 Å². The van der Waals surface area contributed by atoms with E-state index in [4.69, 9.17) is 21.1 Å². The van der Waals surface area contributed by atoms with Crippen molar-refractivity contribution in [3.05, 3.63) is 70.9 Å². The highest BCUT2D eigenvalue weighted by molar-refractivity contribution is 6.30. The van der Waals surface area contributed by atoms with Crippen LogP contribution in [-0.4, -0.2) is 65.6 Å². The first-order chi connectivity index (χ1) is 16.8. The van der Waals surface area contributed by atoms with Crippen LogP contribution in [0.15, 0.2) is 54.7 Å². The summed E-state index contributed by atoms with van der Waals surface area (Å²) < 4.78 is 11.0. The van der Waals surface area contributed by atoms with Gasteiger partial charge in [0.1, 0.15) is 6.04 Å². The molecule has 3 aromatic rings. The van der Waals surface area contributed by atoms with E-state index in [1.165, 1.54) is 0 Å². The Morgan fingerprint density at radius 3 is 2.51 bits per heavy atom. The first-order valence-electron chi connectivity index (χ1n) is 11.5.